The lowest BCUT2D eigenvalue weighted by Crippen LogP contribution is -2.27. The van der Waals surface area contributed by atoms with Crippen molar-refractivity contribution < 1.29 is 0 Å². The quantitative estimate of drug-likeness (QED) is 0.626. The van der Waals surface area contributed by atoms with Crippen molar-refractivity contribution in [2.24, 2.45) is 5.92 Å². The van der Waals surface area contributed by atoms with Crippen LogP contribution in [0.25, 0.3) is 0 Å². The Morgan fingerprint density at radius 2 is 2.36 bits per heavy atom. The van der Waals surface area contributed by atoms with E-state index in [9.17, 15) is 0 Å². The monoisotopic (exact) mass is 196 g/mol. The summed E-state index contributed by atoms with van der Waals surface area (Å²) in [4.78, 5) is 2.51. The van der Waals surface area contributed by atoms with Gasteiger partial charge in [-0.25, -0.2) is 0 Å². The highest BCUT2D eigenvalue weighted by atomic mass is 15.1. The van der Waals surface area contributed by atoms with Gasteiger partial charge in [-0.2, -0.15) is 0 Å². The fraction of sp³-hybridized carbons (Fsp3) is 0.833. The molecule has 0 spiro atoms. The lowest BCUT2D eigenvalue weighted by molar-refractivity contribution is 0.279. The largest absolute Gasteiger partial charge is 0.316 e. The van der Waals surface area contributed by atoms with Crippen LogP contribution in [0.1, 0.15) is 26.2 Å². The summed E-state index contributed by atoms with van der Waals surface area (Å²) in [7, 11) is 0. The molecule has 2 nitrogen and oxygen atoms in total. The number of rotatable bonds is 7. The van der Waals surface area contributed by atoms with Gasteiger partial charge in [-0.1, -0.05) is 13.0 Å². The molecule has 0 aromatic rings. The number of nitrogens with one attached hydrogen (secondary N) is 1. The predicted octanol–water partition coefficient (Wildman–Crippen LogP) is 1.88. The van der Waals surface area contributed by atoms with E-state index in [1.54, 1.807) is 0 Å². The van der Waals surface area contributed by atoms with Crippen molar-refractivity contribution in [3.8, 4) is 0 Å². The van der Waals surface area contributed by atoms with Gasteiger partial charge in [0.1, 0.15) is 0 Å². The van der Waals surface area contributed by atoms with Gasteiger partial charge in [-0.15, -0.1) is 6.58 Å². The van der Waals surface area contributed by atoms with E-state index in [0.29, 0.717) is 0 Å². The second-order valence-corrected chi connectivity index (χ2v) is 4.24. The molecule has 1 aliphatic rings. The molecule has 14 heavy (non-hydrogen) atoms. The van der Waals surface area contributed by atoms with Gasteiger partial charge >= 0.3 is 0 Å². The molecular formula is C12H24N2. The van der Waals surface area contributed by atoms with Crippen LogP contribution < -0.4 is 5.32 Å². The highest BCUT2D eigenvalue weighted by Gasteiger charge is 2.14. The summed E-state index contributed by atoms with van der Waals surface area (Å²) in [5.74, 6) is 0.916. The molecule has 1 aliphatic heterocycles. The molecule has 1 atom stereocenters. The Hall–Kier alpha value is -0.340. The summed E-state index contributed by atoms with van der Waals surface area (Å²) in [5, 5.41) is 3.42. The van der Waals surface area contributed by atoms with Gasteiger partial charge in [0.05, 0.1) is 0 Å². The van der Waals surface area contributed by atoms with Gasteiger partial charge in [-0.3, -0.25) is 4.90 Å². The minimum atomic E-state index is 0.916. The SMILES string of the molecule is C=CCN(CCC)CCC1CCNC1. The fourth-order valence-electron chi connectivity index (χ4n) is 2.12. The Morgan fingerprint density at radius 1 is 1.50 bits per heavy atom. The molecule has 1 unspecified atom stereocenters. The Morgan fingerprint density at radius 3 is 2.93 bits per heavy atom. The fourth-order valence-corrected chi connectivity index (χ4v) is 2.12. The Labute approximate surface area is 88.4 Å². The molecule has 0 radical (unpaired) electrons. The highest BCUT2D eigenvalue weighted by Crippen LogP contribution is 2.12. The van der Waals surface area contributed by atoms with Gasteiger partial charge in [0.15, 0.2) is 0 Å². The van der Waals surface area contributed by atoms with Crippen molar-refractivity contribution in [2.45, 2.75) is 26.2 Å². The third-order valence-electron chi connectivity index (χ3n) is 2.94. The van der Waals surface area contributed by atoms with E-state index in [1.807, 2.05) is 6.08 Å². The van der Waals surface area contributed by atoms with Crippen LogP contribution in [0.15, 0.2) is 12.7 Å². The maximum absolute atomic E-state index is 3.81. The third kappa shape index (κ3) is 4.25. The topological polar surface area (TPSA) is 15.3 Å². The second-order valence-electron chi connectivity index (χ2n) is 4.24. The van der Waals surface area contributed by atoms with Crippen LogP contribution in [0.2, 0.25) is 0 Å². The van der Waals surface area contributed by atoms with E-state index in [0.717, 1.165) is 12.5 Å². The molecule has 82 valence electrons. The minimum absolute atomic E-state index is 0.916. The smallest absolute Gasteiger partial charge is 0.0160 e. The van der Waals surface area contributed by atoms with Crippen LogP contribution in [0.3, 0.4) is 0 Å². The highest BCUT2D eigenvalue weighted by molar-refractivity contribution is 4.76. The Kier molecular flexibility index (Phi) is 5.88. The number of hydrogen-bond donors (Lipinski definition) is 1. The zero-order chi connectivity index (χ0) is 10.2. The molecule has 0 amide bonds. The third-order valence-corrected chi connectivity index (χ3v) is 2.94. The van der Waals surface area contributed by atoms with Crippen molar-refractivity contribution in [1.29, 1.82) is 0 Å². The maximum atomic E-state index is 3.81. The Bertz CT molecular complexity index is 150. The molecule has 1 heterocycles. The van der Waals surface area contributed by atoms with Gasteiger partial charge in [0.25, 0.3) is 0 Å². The van der Waals surface area contributed by atoms with E-state index < -0.39 is 0 Å². The van der Waals surface area contributed by atoms with Gasteiger partial charge < -0.3 is 5.32 Å². The van der Waals surface area contributed by atoms with Crippen LogP contribution in [0.5, 0.6) is 0 Å². The lowest BCUT2D eigenvalue weighted by atomic mass is 10.0. The van der Waals surface area contributed by atoms with Gasteiger partial charge in [0, 0.05) is 6.54 Å². The molecule has 1 fully saturated rings. The molecule has 1 saturated heterocycles. The van der Waals surface area contributed by atoms with Crippen molar-refractivity contribution >= 4 is 0 Å². The molecule has 0 bridgehead atoms. The standard InChI is InChI=1S/C12H24N2/c1-3-8-14(9-4-2)10-6-12-5-7-13-11-12/h3,12-13H,1,4-11H2,2H3. The molecule has 0 aromatic heterocycles. The summed E-state index contributed by atoms with van der Waals surface area (Å²) in [5.41, 5.74) is 0. The maximum Gasteiger partial charge on any atom is 0.0160 e. The zero-order valence-corrected chi connectivity index (χ0v) is 9.47. The minimum Gasteiger partial charge on any atom is -0.316 e. The summed E-state index contributed by atoms with van der Waals surface area (Å²) in [6, 6.07) is 0. The van der Waals surface area contributed by atoms with Crippen LogP contribution in [-0.2, 0) is 0 Å². The van der Waals surface area contributed by atoms with Crippen LogP contribution in [-0.4, -0.2) is 37.6 Å². The van der Waals surface area contributed by atoms with Crippen molar-refractivity contribution in [3.63, 3.8) is 0 Å². The predicted molar refractivity (Wildman–Crippen MR) is 62.5 cm³/mol. The normalized spacial score (nSPS) is 21.7. The average Bonchev–Trinajstić information content (AvgIpc) is 2.67. The molecule has 2 heteroatoms. The first-order chi connectivity index (χ1) is 6.86. The average molecular weight is 196 g/mol. The second kappa shape index (κ2) is 7.02. The first-order valence-electron chi connectivity index (χ1n) is 5.90. The van der Waals surface area contributed by atoms with Crippen LogP contribution in [0, 0.1) is 5.92 Å². The summed E-state index contributed by atoms with van der Waals surface area (Å²) >= 11 is 0. The van der Waals surface area contributed by atoms with Crippen molar-refractivity contribution in [3.05, 3.63) is 12.7 Å². The molecule has 0 saturated carbocycles. The molecule has 0 aliphatic carbocycles. The summed E-state index contributed by atoms with van der Waals surface area (Å²) < 4.78 is 0. The molecular weight excluding hydrogens is 172 g/mol. The number of nitrogens with zero attached hydrogens (tertiary/aromatic N) is 1. The van der Waals surface area contributed by atoms with Crippen molar-refractivity contribution in [2.75, 3.05) is 32.7 Å². The van der Waals surface area contributed by atoms with E-state index in [-0.39, 0.29) is 0 Å². The first-order valence-corrected chi connectivity index (χ1v) is 5.90. The molecule has 1 rings (SSSR count). The van der Waals surface area contributed by atoms with Gasteiger partial charge in [0.2, 0.25) is 0 Å². The van der Waals surface area contributed by atoms with E-state index >= 15 is 0 Å². The lowest BCUT2D eigenvalue weighted by Gasteiger charge is -2.21. The summed E-state index contributed by atoms with van der Waals surface area (Å²) in [6.45, 7) is 12.0. The zero-order valence-electron chi connectivity index (χ0n) is 9.47. The van der Waals surface area contributed by atoms with Gasteiger partial charge in [-0.05, 0) is 51.4 Å². The van der Waals surface area contributed by atoms with Crippen LogP contribution in [0.4, 0.5) is 0 Å². The summed E-state index contributed by atoms with van der Waals surface area (Å²) in [6.07, 6.45) is 5.98. The van der Waals surface area contributed by atoms with E-state index in [1.165, 1.54) is 45.4 Å². The van der Waals surface area contributed by atoms with Crippen molar-refractivity contribution in [1.82, 2.24) is 10.2 Å². The van der Waals surface area contributed by atoms with E-state index in [4.69, 9.17) is 0 Å². The molecule has 1 N–H and O–H groups in total. The van der Waals surface area contributed by atoms with E-state index in [2.05, 4.69) is 23.7 Å². The first kappa shape index (κ1) is 11.7. The van der Waals surface area contributed by atoms with Crippen LogP contribution >= 0.6 is 0 Å². The Balaban J connectivity index is 2.13. The number of hydrogen-bond acceptors (Lipinski definition) is 2. The molecule has 0 aromatic carbocycles.